The lowest BCUT2D eigenvalue weighted by atomic mass is 10.2. The summed E-state index contributed by atoms with van der Waals surface area (Å²) in [6.45, 7) is 7.50. The average Bonchev–Trinajstić information content (AvgIpc) is 3.08. The van der Waals surface area contributed by atoms with Gasteiger partial charge in [-0.05, 0) is 12.1 Å². The van der Waals surface area contributed by atoms with Gasteiger partial charge in [-0.25, -0.2) is 22.2 Å². The molecule has 0 atom stereocenters. The summed E-state index contributed by atoms with van der Waals surface area (Å²) in [4.78, 5) is 6.21. The summed E-state index contributed by atoms with van der Waals surface area (Å²) in [5.74, 6) is -0.417. The zero-order valence-corrected chi connectivity index (χ0v) is 16.3. The molecule has 2 heterocycles. The fourth-order valence-corrected chi connectivity index (χ4v) is 4.74. The Hall–Kier alpha value is -1.84. The Morgan fingerprint density at radius 1 is 1.04 bits per heavy atom. The molecule has 1 fully saturated rings. The number of hydrogen-bond acceptors (Lipinski definition) is 4. The van der Waals surface area contributed by atoms with Crippen LogP contribution < -0.4 is 0 Å². The van der Waals surface area contributed by atoms with Gasteiger partial charge in [0.05, 0.1) is 4.90 Å². The van der Waals surface area contributed by atoms with Crippen molar-refractivity contribution in [3.8, 4) is 0 Å². The van der Waals surface area contributed by atoms with Crippen molar-refractivity contribution in [2.45, 2.75) is 31.2 Å². The fourth-order valence-electron chi connectivity index (χ4n) is 3.28. The van der Waals surface area contributed by atoms with Gasteiger partial charge in [0.15, 0.2) is 0 Å². The van der Waals surface area contributed by atoms with E-state index in [-0.39, 0.29) is 4.90 Å². The predicted molar refractivity (Wildman–Crippen MR) is 97.9 cm³/mol. The molecule has 1 aromatic heterocycles. The minimum absolute atomic E-state index is 0.293. The molecule has 1 aromatic carbocycles. The van der Waals surface area contributed by atoms with Crippen LogP contribution in [0.1, 0.15) is 25.6 Å². The zero-order chi connectivity index (χ0) is 19.6. The van der Waals surface area contributed by atoms with E-state index in [0.29, 0.717) is 38.2 Å². The highest BCUT2D eigenvalue weighted by atomic mass is 32.2. The van der Waals surface area contributed by atoms with Crippen LogP contribution in [0.25, 0.3) is 0 Å². The molecule has 0 aliphatic carbocycles. The van der Waals surface area contributed by atoms with Crippen LogP contribution in [0.2, 0.25) is 0 Å². The molecule has 27 heavy (non-hydrogen) atoms. The Morgan fingerprint density at radius 2 is 1.67 bits per heavy atom. The second-order valence-corrected chi connectivity index (χ2v) is 8.92. The van der Waals surface area contributed by atoms with Crippen molar-refractivity contribution < 1.29 is 17.2 Å². The Bertz CT molecular complexity index is 870. The lowest BCUT2D eigenvalue weighted by molar-refractivity contribution is 0.182. The van der Waals surface area contributed by atoms with Crippen LogP contribution in [0, 0.1) is 11.6 Å². The van der Waals surface area contributed by atoms with Gasteiger partial charge < -0.3 is 4.57 Å². The van der Waals surface area contributed by atoms with E-state index in [4.69, 9.17) is 0 Å². The summed E-state index contributed by atoms with van der Waals surface area (Å²) in [7, 11) is -3.90. The fraction of sp³-hybridized carbons (Fsp3) is 0.500. The molecule has 0 N–H and O–H groups in total. The third-order valence-corrected chi connectivity index (χ3v) is 6.60. The van der Waals surface area contributed by atoms with Crippen LogP contribution in [0.3, 0.4) is 0 Å². The molecular formula is C18H24F2N4O2S. The lowest BCUT2D eigenvalue weighted by Gasteiger charge is -2.34. The minimum Gasteiger partial charge on any atom is -0.333 e. The van der Waals surface area contributed by atoms with E-state index in [0.717, 1.165) is 31.0 Å². The molecule has 0 unspecified atom stereocenters. The number of rotatable bonds is 6. The summed E-state index contributed by atoms with van der Waals surface area (Å²) < 4.78 is 55.4. The van der Waals surface area contributed by atoms with Crippen molar-refractivity contribution in [1.82, 2.24) is 18.8 Å². The van der Waals surface area contributed by atoms with Gasteiger partial charge in [0.1, 0.15) is 17.5 Å². The molecule has 1 saturated heterocycles. The number of piperazine rings is 1. The topological polar surface area (TPSA) is 58.4 Å². The summed E-state index contributed by atoms with van der Waals surface area (Å²) in [5, 5.41) is 0. The molecule has 6 nitrogen and oxygen atoms in total. The summed E-state index contributed by atoms with van der Waals surface area (Å²) in [5.41, 5.74) is 0. The Kier molecular flexibility index (Phi) is 5.92. The quantitative estimate of drug-likeness (QED) is 0.749. The average molecular weight is 398 g/mol. The van der Waals surface area contributed by atoms with Crippen LogP contribution in [0.15, 0.2) is 35.5 Å². The van der Waals surface area contributed by atoms with Gasteiger partial charge in [0, 0.05) is 63.6 Å². The van der Waals surface area contributed by atoms with Crippen molar-refractivity contribution in [2.24, 2.45) is 0 Å². The smallest absolute Gasteiger partial charge is 0.243 e. The number of aromatic nitrogens is 2. The molecule has 9 heteroatoms. The third-order valence-electron chi connectivity index (χ3n) is 4.73. The van der Waals surface area contributed by atoms with Gasteiger partial charge >= 0.3 is 0 Å². The van der Waals surface area contributed by atoms with E-state index in [1.165, 1.54) is 4.31 Å². The highest BCUT2D eigenvalue weighted by Gasteiger charge is 2.29. The molecule has 1 aliphatic heterocycles. The van der Waals surface area contributed by atoms with E-state index < -0.39 is 21.7 Å². The molecule has 0 saturated carbocycles. The van der Waals surface area contributed by atoms with Gasteiger partial charge in [-0.3, -0.25) is 4.90 Å². The maximum atomic E-state index is 13.4. The third kappa shape index (κ3) is 4.53. The van der Waals surface area contributed by atoms with Crippen LogP contribution in [-0.2, 0) is 16.6 Å². The number of benzene rings is 1. The highest BCUT2D eigenvalue weighted by Crippen LogP contribution is 2.20. The van der Waals surface area contributed by atoms with Crippen LogP contribution in [-0.4, -0.2) is 59.9 Å². The second kappa shape index (κ2) is 8.04. The maximum Gasteiger partial charge on any atom is 0.243 e. The minimum atomic E-state index is -3.90. The Balaban J connectivity index is 1.59. The van der Waals surface area contributed by atoms with Gasteiger partial charge in [0.25, 0.3) is 0 Å². The lowest BCUT2D eigenvalue weighted by Crippen LogP contribution is -2.49. The number of hydrogen-bond donors (Lipinski definition) is 0. The Labute approximate surface area is 158 Å². The number of halogens is 2. The summed E-state index contributed by atoms with van der Waals surface area (Å²) in [6, 6.07) is 2.38. The van der Waals surface area contributed by atoms with Gasteiger partial charge in [-0.15, -0.1) is 0 Å². The van der Waals surface area contributed by atoms with Crippen molar-refractivity contribution in [3.05, 3.63) is 48.1 Å². The predicted octanol–water partition coefficient (Wildman–Crippen LogP) is 2.29. The zero-order valence-electron chi connectivity index (χ0n) is 15.5. The molecule has 148 valence electrons. The number of nitrogens with zero attached hydrogens (tertiary/aromatic N) is 4. The molecule has 2 aromatic rings. The summed E-state index contributed by atoms with van der Waals surface area (Å²) in [6.07, 6.45) is 3.74. The van der Waals surface area contributed by atoms with E-state index >= 15 is 0 Å². The molecule has 0 amide bonds. The van der Waals surface area contributed by atoms with Crippen molar-refractivity contribution in [3.63, 3.8) is 0 Å². The molecule has 3 rings (SSSR count). The Morgan fingerprint density at radius 3 is 2.26 bits per heavy atom. The monoisotopic (exact) mass is 398 g/mol. The SMILES string of the molecule is CC(C)c1nccn1CCN1CCN(S(=O)(=O)c2cc(F)cc(F)c2)CC1. The number of imidazole rings is 1. The standard InChI is InChI=1S/C18H24F2N4O2S/c1-14(2)18-21-3-4-23(18)8-5-22-6-9-24(10-7-22)27(25,26)17-12-15(19)11-16(20)13-17/h3-4,11-14H,5-10H2,1-2H3. The van der Waals surface area contributed by atoms with Crippen LogP contribution in [0.4, 0.5) is 8.78 Å². The van der Waals surface area contributed by atoms with Crippen LogP contribution in [0.5, 0.6) is 0 Å². The first-order valence-electron chi connectivity index (χ1n) is 8.97. The van der Waals surface area contributed by atoms with Gasteiger partial charge in [-0.2, -0.15) is 4.31 Å². The molecule has 0 bridgehead atoms. The van der Waals surface area contributed by atoms with Gasteiger partial charge in [0.2, 0.25) is 10.0 Å². The van der Waals surface area contributed by atoms with Gasteiger partial charge in [-0.1, -0.05) is 13.8 Å². The first kappa shape index (κ1) is 19.9. The first-order chi connectivity index (χ1) is 12.8. The molecule has 1 aliphatic rings. The normalized spacial score (nSPS) is 16.9. The van der Waals surface area contributed by atoms with E-state index in [1.807, 2.05) is 6.20 Å². The van der Waals surface area contributed by atoms with Crippen molar-refractivity contribution >= 4 is 10.0 Å². The van der Waals surface area contributed by atoms with E-state index in [9.17, 15) is 17.2 Å². The highest BCUT2D eigenvalue weighted by molar-refractivity contribution is 7.89. The molecule has 0 spiro atoms. The molecular weight excluding hydrogens is 374 g/mol. The van der Waals surface area contributed by atoms with Crippen molar-refractivity contribution in [1.29, 1.82) is 0 Å². The molecule has 0 radical (unpaired) electrons. The maximum absolute atomic E-state index is 13.4. The van der Waals surface area contributed by atoms with E-state index in [1.54, 1.807) is 6.20 Å². The number of sulfonamides is 1. The first-order valence-corrected chi connectivity index (χ1v) is 10.4. The van der Waals surface area contributed by atoms with Crippen LogP contribution >= 0.6 is 0 Å². The second-order valence-electron chi connectivity index (χ2n) is 6.98. The van der Waals surface area contributed by atoms with E-state index in [2.05, 4.69) is 28.3 Å². The largest absolute Gasteiger partial charge is 0.333 e. The summed E-state index contributed by atoms with van der Waals surface area (Å²) >= 11 is 0. The van der Waals surface area contributed by atoms with Crippen molar-refractivity contribution in [2.75, 3.05) is 32.7 Å².